The maximum atomic E-state index is 6.59. The van der Waals surface area contributed by atoms with Crippen LogP contribution >= 0.6 is 0 Å². The van der Waals surface area contributed by atoms with Crippen LogP contribution in [0.15, 0.2) is 282 Å². The van der Waals surface area contributed by atoms with Crippen LogP contribution in [-0.2, 0) is 0 Å². The fourth-order valence-corrected chi connectivity index (χ4v) is 13.3. The van der Waals surface area contributed by atoms with Gasteiger partial charge in [0.25, 0.3) is 0 Å². The van der Waals surface area contributed by atoms with Crippen molar-refractivity contribution in [3.05, 3.63) is 273 Å². The van der Waals surface area contributed by atoms with Gasteiger partial charge in [-0.1, -0.05) is 152 Å². The quantitative estimate of drug-likeness (QED) is 0.159. The van der Waals surface area contributed by atoms with Crippen molar-refractivity contribution in [1.82, 2.24) is 23.7 Å². The van der Waals surface area contributed by atoms with E-state index in [0.717, 1.165) is 150 Å². The van der Waals surface area contributed by atoms with Crippen LogP contribution < -0.4 is 0 Å². The van der Waals surface area contributed by atoms with E-state index in [1.807, 2.05) is 42.6 Å². The molecule has 0 saturated carbocycles. The summed E-state index contributed by atoms with van der Waals surface area (Å²) < 4.78 is 20.1. The van der Waals surface area contributed by atoms with Crippen LogP contribution in [0.25, 0.3) is 171 Å². The van der Waals surface area contributed by atoms with E-state index < -0.39 is 0 Å². The van der Waals surface area contributed by atoms with Crippen molar-refractivity contribution in [2.75, 3.05) is 0 Å². The Morgan fingerprint density at radius 3 is 1.39 bits per heavy atom. The summed E-state index contributed by atoms with van der Waals surface area (Å²) in [5.41, 5.74) is 20.7. The molecule has 0 amide bonds. The van der Waals surface area contributed by atoms with Crippen molar-refractivity contribution >= 4 is 109 Å². The zero-order valence-corrected chi connectivity index (χ0v) is 44.5. The molecule has 7 heteroatoms. The van der Waals surface area contributed by atoms with Crippen LogP contribution in [0.3, 0.4) is 0 Å². The number of nitrogens with zero attached hydrogens (tertiary/aromatic N) is 5. The van der Waals surface area contributed by atoms with E-state index in [-0.39, 0.29) is 0 Å². The second-order valence-corrected chi connectivity index (χ2v) is 21.7. The van der Waals surface area contributed by atoms with Crippen LogP contribution in [0.5, 0.6) is 0 Å². The van der Waals surface area contributed by atoms with E-state index in [9.17, 15) is 0 Å². The Bertz CT molecular complexity index is 5610. The molecule has 0 unspecified atom stereocenters. The summed E-state index contributed by atoms with van der Waals surface area (Å²) in [5, 5.41) is 11.3. The van der Waals surface area contributed by atoms with Gasteiger partial charge >= 0.3 is 0 Å². The Labute approximate surface area is 474 Å². The molecule has 7 aromatic heterocycles. The number of pyridine rings is 2. The Kier molecular flexibility index (Phi) is 9.67. The van der Waals surface area contributed by atoms with Gasteiger partial charge in [0.05, 0.1) is 44.5 Å². The third-order valence-corrected chi connectivity index (χ3v) is 17.1. The summed E-state index contributed by atoms with van der Waals surface area (Å²) in [5.74, 6) is 0.826. The van der Waals surface area contributed by atoms with Gasteiger partial charge in [-0.05, 0) is 132 Å². The first-order valence-electron chi connectivity index (χ1n) is 28.1. The summed E-state index contributed by atoms with van der Waals surface area (Å²) >= 11 is 0. The number of benzene rings is 11. The first-order valence-corrected chi connectivity index (χ1v) is 28.1. The fourth-order valence-electron chi connectivity index (χ4n) is 13.3. The number of rotatable bonds is 7. The fraction of sp³-hybridized carbons (Fsp3) is 0. The second kappa shape index (κ2) is 17.6. The highest BCUT2D eigenvalue weighted by molar-refractivity contribution is 6.21. The molecule has 18 aromatic rings. The van der Waals surface area contributed by atoms with Gasteiger partial charge in [-0.2, -0.15) is 0 Å². The van der Waals surface area contributed by atoms with Gasteiger partial charge in [0.15, 0.2) is 0 Å². The maximum absolute atomic E-state index is 6.59. The van der Waals surface area contributed by atoms with Gasteiger partial charge in [-0.25, -0.2) is 9.97 Å². The SMILES string of the molecule is c1ccc(-c2cc(-c3ccc(-n4c5ccc(-c6cccc7c6c6ccccc6n7-c6ccc(-n7c8ccccc8c8cc9oc%10ccccc%10c9cc87)cc6)cc5c5cc6oc7ccccc7c6cc54)nc3)cc(-c3ccccc3)n2)cc1. The molecule has 7 nitrogen and oxygen atoms in total. The lowest BCUT2D eigenvalue weighted by Crippen LogP contribution is -1.98. The van der Waals surface area contributed by atoms with Crippen molar-refractivity contribution in [1.29, 1.82) is 0 Å². The molecule has 0 radical (unpaired) electrons. The second-order valence-electron chi connectivity index (χ2n) is 21.7. The molecule has 0 aliphatic rings. The molecule has 83 heavy (non-hydrogen) atoms. The Morgan fingerprint density at radius 1 is 0.265 bits per heavy atom. The molecule has 11 aromatic carbocycles. The van der Waals surface area contributed by atoms with Gasteiger partial charge in [-0.3, -0.25) is 4.57 Å². The summed E-state index contributed by atoms with van der Waals surface area (Å²) in [7, 11) is 0. The summed E-state index contributed by atoms with van der Waals surface area (Å²) in [6.07, 6.45) is 2.00. The maximum Gasteiger partial charge on any atom is 0.137 e. The minimum Gasteiger partial charge on any atom is -0.456 e. The summed E-state index contributed by atoms with van der Waals surface area (Å²) in [6.45, 7) is 0. The van der Waals surface area contributed by atoms with Crippen LogP contribution in [0.1, 0.15) is 0 Å². The molecule has 0 bridgehead atoms. The van der Waals surface area contributed by atoms with Crippen LogP contribution in [0.4, 0.5) is 0 Å². The van der Waals surface area contributed by atoms with E-state index in [0.29, 0.717) is 0 Å². The lowest BCUT2D eigenvalue weighted by Gasteiger charge is -2.12. The van der Waals surface area contributed by atoms with Crippen molar-refractivity contribution < 1.29 is 8.83 Å². The monoisotopic (exact) mass is 1060 g/mol. The molecule has 0 fully saturated rings. The Morgan fingerprint density at radius 2 is 0.759 bits per heavy atom. The standard InChI is InChI=1S/C76H45N5O2/c1-3-16-46(17-4-1)63-39-50(40-64(78-63)47-18-5-2-6-19-47)49-31-37-75(77-45-49)81-67-36-30-48(38-58(67)60-44-74-62(42-70(60)81)56-22-10-14-29-72(56)83-74)53-24-15-27-68-76(53)57-23-8-12-26-66(57)79(68)51-32-34-52(35-33-51)80-65-25-11-7-20-54(65)59-43-73-61(41-69(59)80)55-21-9-13-28-71(55)82-73/h1-45H. The minimum absolute atomic E-state index is 0.826. The van der Waals surface area contributed by atoms with E-state index in [1.54, 1.807) is 0 Å². The predicted molar refractivity (Wildman–Crippen MR) is 341 cm³/mol. The number of hydrogen-bond acceptors (Lipinski definition) is 4. The molecule has 0 aliphatic carbocycles. The normalized spacial score (nSPS) is 12.1. The number of furan rings is 2. The Hall–Kier alpha value is -11.3. The molecule has 386 valence electrons. The molecule has 0 spiro atoms. The minimum atomic E-state index is 0.826. The zero-order chi connectivity index (χ0) is 54.3. The topological polar surface area (TPSA) is 66.8 Å². The highest BCUT2D eigenvalue weighted by Gasteiger charge is 2.22. The smallest absolute Gasteiger partial charge is 0.137 e. The summed E-state index contributed by atoms with van der Waals surface area (Å²) in [4.78, 5) is 10.4. The lowest BCUT2D eigenvalue weighted by atomic mass is 9.97. The van der Waals surface area contributed by atoms with E-state index >= 15 is 0 Å². The zero-order valence-electron chi connectivity index (χ0n) is 44.5. The highest BCUT2D eigenvalue weighted by atomic mass is 16.3. The van der Waals surface area contributed by atoms with Crippen molar-refractivity contribution in [2.45, 2.75) is 0 Å². The number of aromatic nitrogens is 5. The van der Waals surface area contributed by atoms with Crippen LogP contribution in [0.2, 0.25) is 0 Å². The number of fused-ring (bicyclic) bond motifs is 15. The molecule has 18 rings (SSSR count). The highest BCUT2D eigenvalue weighted by Crippen LogP contribution is 2.44. The number of hydrogen-bond donors (Lipinski definition) is 0. The number of para-hydroxylation sites is 4. The van der Waals surface area contributed by atoms with E-state index in [2.05, 4.69) is 244 Å². The van der Waals surface area contributed by atoms with Crippen LogP contribution in [0, 0.1) is 0 Å². The molecule has 0 atom stereocenters. The molecular weight excluding hydrogens is 1010 g/mol. The van der Waals surface area contributed by atoms with Gasteiger partial charge < -0.3 is 18.0 Å². The van der Waals surface area contributed by atoms with Crippen molar-refractivity contribution in [3.63, 3.8) is 0 Å². The van der Waals surface area contributed by atoms with Gasteiger partial charge in [0.2, 0.25) is 0 Å². The first kappa shape index (κ1) is 45.6. The van der Waals surface area contributed by atoms with Gasteiger partial charge in [0, 0.05) is 88.1 Å². The lowest BCUT2D eigenvalue weighted by molar-refractivity contribution is 0.669. The van der Waals surface area contributed by atoms with Crippen molar-refractivity contribution in [3.8, 4) is 62.0 Å². The largest absolute Gasteiger partial charge is 0.456 e. The van der Waals surface area contributed by atoms with Gasteiger partial charge in [0.1, 0.15) is 28.1 Å². The average Bonchev–Trinajstić information content (AvgIpc) is 3.58. The molecular formula is C76H45N5O2. The van der Waals surface area contributed by atoms with Crippen LogP contribution in [-0.4, -0.2) is 23.7 Å². The first-order chi connectivity index (χ1) is 41.1. The summed E-state index contributed by atoms with van der Waals surface area (Å²) in [6, 6.07) is 95.3. The molecule has 7 heterocycles. The van der Waals surface area contributed by atoms with E-state index in [4.69, 9.17) is 18.8 Å². The third-order valence-electron chi connectivity index (χ3n) is 17.1. The van der Waals surface area contributed by atoms with E-state index in [1.165, 1.54) is 21.5 Å². The van der Waals surface area contributed by atoms with Gasteiger partial charge in [-0.15, -0.1) is 0 Å². The third kappa shape index (κ3) is 6.92. The van der Waals surface area contributed by atoms with Crippen molar-refractivity contribution in [2.24, 2.45) is 0 Å². The molecule has 0 saturated heterocycles. The predicted octanol–water partition coefficient (Wildman–Crippen LogP) is 20.2. The average molecular weight is 1060 g/mol. The molecule has 0 aliphatic heterocycles. The molecule has 0 N–H and O–H groups in total. The Balaban J connectivity index is 0.778.